The van der Waals surface area contributed by atoms with Crippen molar-refractivity contribution in [1.82, 2.24) is 0 Å². The number of carbonyl (C=O) groups is 1. The fourth-order valence-corrected chi connectivity index (χ4v) is 2.04. The van der Waals surface area contributed by atoms with Crippen LogP contribution in [-0.4, -0.2) is 18.0 Å². The van der Waals surface area contributed by atoms with Gasteiger partial charge in [0.1, 0.15) is 11.2 Å². The Labute approximate surface area is 107 Å². The van der Waals surface area contributed by atoms with Crippen LogP contribution in [0.5, 0.6) is 0 Å². The highest BCUT2D eigenvalue weighted by Gasteiger charge is 2.31. The van der Waals surface area contributed by atoms with Crippen molar-refractivity contribution in [2.45, 2.75) is 33.3 Å². The van der Waals surface area contributed by atoms with E-state index in [4.69, 9.17) is 9.15 Å². The minimum Gasteiger partial charge on any atom is -0.453 e. The van der Waals surface area contributed by atoms with Gasteiger partial charge >= 0.3 is 0 Å². The fraction of sp³-hybridized carbons (Fsp3) is 0.400. The van der Waals surface area contributed by atoms with Crippen LogP contribution in [0.1, 0.15) is 36.9 Å². The Morgan fingerprint density at radius 3 is 2.72 bits per heavy atom. The standard InChI is InChI=1S/C15H18O3/c1-5-17-15(3,4)14(16)12-9-11-8-6-7-10(2)13(11)18-12/h6-9H,5H2,1-4H3. The van der Waals surface area contributed by atoms with Gasteiger partial charge in [0.25, 0.3) is 0 Å². The number of hydrogen-bond acceptors (Lipinski definition) is 3. The highest BCUT2D eigenvalue weighted by Crippen LogP contribution is 2.26. The number of hydrogen-bond donors (Lipinski definition) is 0. The first-order chi connectivity index (χ1) is 8.45. The molecular weight excluding hydrogens is 228 g/mol. The summed E-state index contributed by atoms with van der Waals surface area (Å²) >= 11 is 0. The number of benzene rings is 1. The van der Waals surface area contributed by atoms with E-state index < -0.39 is 5.60 Å². The summed E-state index contributed by atoms with van der Waals surface area (Å²) in [7, 11) is 0. The molecule has 0 aliphatic rings. The van der Waals surface area contributed by atoms with Gasteiger partial charge in [-0.25, -0.2) is 0 Å². The Balaban J connectivity index is 2.43. The van der Waals surface area contributed by atoms with Crippen molar-refractivity contribution in [2.75, 3.05) is 6.61 Å². The van der Waals surface area contributed by atoms with Gasteiger partial charge in [0, 0.05) is 12.0 Å². The summed E-state index contributed by atoms with van der Waals surface area (Å²) in [5.74, 6) is 0.234. The second kappa shape index (κ2) is 4.58. The van der Waals surface area contributed by atoms with E-state index in [1.165, 1.54) is 0 Å². The first-order valence-electron chi connectivity index (χ1n) is 6.13. The van der Waals surface area contributed by atoms with Crippen LogP contribution in [0, 0.1) is 6.92 Å². The molecule has 0 saturated carbocycles. The van der Waals surface area contributed by atoms with Gasteiger partial charge in [0.05, 0.1) is 0 Å². The fourth-order valence-electron chi connectivity index (χ4n) is 2.04. The van der Waals surface area contributed by atoms with Gasteiger partial charge < -0.3 is 9.15 Å². The summed E-state index contributed by atoms with van der Waals surface area (Å²) in [5, 5.41) is 0.950. The van der Waals surface area contributed by atoms with Crippen molar-refractivity contribution in [3.05, 3.63) is 35.6 Å². The zero-order valence-corrected chi connectivity index (χ0v) is 11.2. The summed E-state index contributed by atoms with van der Waals surface area (Å²) < 4.78 is 11.1. The Bertz CT molecular complexity index is 578. The molecule has 3 nitrogen and oxygen atoms in total. The van der Waals surface area contributed by atoms with Gasteiger partial charge in [0.2, 0.25) is 5.78 Å². The molecule has 0 unspecified atom stereocenters. The number of ether oxygens (including phenoxy) is 1. The molecule has 96 valence electrons. The van der Waals surface area contributed by atoms with Gasteiger partial charge in [-0.2, -0.15) is 0 Å². The molecule has 18 heavy (non-hydrogen) atoms. The topological polar surface area (TPSA) is 39.4 Å². The molecule has 0 radical (unpaired) electrons. The van der Waals surface area contributed by atoms with E-state index >= 15 is 0 Å². The van der Waals surface area contributed by atoms with Crippen molar-refractivity contribution in [3.63, 3.8) is 0 Å². The number of rotatable bonds is 4. The molecule has 0 amide bonds. The maximum atomic E-state index is 12.3. The molecule has 0 aliphatic carbocycles. The van der Waals surface area contributed by atoms with Crippen molar-refractivity contribution in [1.29, 1.82) is 0 Å². The van der Waals surface area contributed by atoms with Crippen LogP contribution in [0.4, 0.5) is 0 Å². The third-order valence-corrected chi connectivity index (χ3v) is 3.02. The molecular formula is C15H18O3. The molecule has 0 aliphatic heterocycles. The smallest absolute Gasteiger partial charge is 0.229 e. The van der Waals surface area contributed by atoms with Crippen molar-refractivity contribution < 1.29 is 13.9 Å². The van der Waals surface area contributed by atoms with Crippen molar-refractivity contribution in [3.8, 4) is 0 Å². The molecule has 0 N–H and O–H groups in total. The zero-order chi connectivity index (χ0) is 13.3. The Morgan fingerprint density at radius 1 is 1.39 bits per heavy atom. The van der Waals surface area contributed by atoms with Crippen LogP contribution in [0.3, 0.4) is 0 Å². The van der Waals surface area contributed by atoms with E-state index in [0.29, 0.717) is 12.4 Å². The van der Waals surface area contributed by atoms with Crippen LogP contribution in [0.2, 0.25) is 0 Å². The summed E-state index contributed by atoms with van der Waals surface area (Å²) in [5.41, 5.74) is 0.949. The summed E-state index contributed by atoms with van der Waals surface area (Å²) in [4.78, 5) is 12.3. The van der Waals surface area contributed by atoms with Gasteiger partial charge in [-0.3, -0.25) is 4.79 Å². The highest BCUT2D eigenvalue weighted by atomic mass is 16.5. The molecule has 0 atom stereocenters. The number of carbonyl (C=O) groups excluding carboxylic acids is 1. The number of para-hydroxylation sites is 1. The molecule has 0 bridgehead atoms. The molecule has 0 saturated heterocycles. The molecule has 0 fully saturated rings. The third-order valence-electron chi connectivity index (χ3n) is 3.02. The first-order valence-corrected chi connectivity index (χ1v) is 6.13. The largest absolute Gasteiger partial charge is 0.453 e. The molecule has 0 spiro atoms. The lowest BCUT2D eigenvalue weighted by atomic mass is 10.0. The van der Waals surface area contributed by atoms with Crippen LogP contribution >= 0.6 is 0 Å². The Hall–Kier alpha value is -1.61. The second-order valence-electron chi connectivity index (χ2n) is 4.88. The SMILES string of the molecule is CCOC(C)(C)C(=O)c1cc2cccc(C)c2o1. The maximum absolute atomic E-state index is 12.3. The number of ketones is 1. The van der Waals surface area contributed by atoms with Crippen LogP contribution < -0.4 is 0 Å². The third kappa shape index (κ3) is 2.18. The maximum Gasteiger partial charge on any atom is 0.229 e. The monoisotopic (exact) mass is 246 g/mol. The summed E-state index contributed by atoms with van der Waals surface area (Å²) in [6.45, 7) is 7.86. The summed E-state index contributed by atoms with van der Waals surface area (Å²) in [6.07, 6.45) is 0. The van der Waals surface area contributed by atoms with E-state index in [9.17, 15) is 4.79 Å². The van der Waals surface area contributed by atoms with Crippen LogP contribution in [-0.2, 0) is 4.74 Å². The summed E-state index contributed by atoms with van der Waals surface area (Å²) in [6, 6.07) is 7.64. The minimum absolute atomic E-state index is 0.125. The van der Waals surface area contributed by atoms with Gasteiger partial charge in [-0.1, -0.05) is 18.2 Å². The molecule has 1 aromatic carbocycles. The lowest BCUT2D eigenvalue weighted by Crippen LogP contribution is -2.34. The van der Waals surface area contributed by atoms with Crippen molar-refractivity contribution in [2.24, 2.45) is 0 Å². The minimum atomic E-state index is -0.851. The van der Waals surface area contributed by atoms with E-state index in [0.717, 1.165) is 16.5 Å². The lowest BCUT2D eigenvalue weighted by Gasteiger charge is -2.21. The van der Waals surface area contributed by atoms with Gasteiger partial charge in [0.15, 0.2) is 5.76 Å². The molecule has 1 heterocycles. The van der Waals surface area contributed by atoms with E-state index in [-0.39, 0.29) is 5.78 Å². The number of Topliss-reactive ketones (excluding diaryl/α,β-unsaturated/α-hetero) is 1. The van der Waals surface area contributed by atoms with E-state index in [1.54, 1.807) is 19.9 Å². The van der Waals surface area contributed by atoms with Gasteiger partial charge in [-0.15, -0.1) is 0 Å². The lowest BCUT2D eigenvalue weighted by molar-refractivity contribution is -0.000536. The molecule has 2 aromatic rings. The quantitative estimate of drug-likeness (QED) is 0.771. The van der Waals surface area contributed by atoms with Crippen molar-refractivity contribution >= 4 is 16.8 Å². The molecule has 2 rings (SSSR count). The van der Waals surface area contributed by atoms with Crippen LogP contribution in [0.15, 0.2) is 28.7 Å². The predicted octanol–water partition coefficient (Wildman–Crippen LogP) is 3.74. The molecule has 3 heteroatoms. The zero-order valence-electron chi connectivity index (χ0n) is 11.2. The first kappa shape index (κ1) is 12.8. The second-order valence-corrected chi connectivity index (χ2v) is 4.88. The normalized spacial score (nSPS) is 12.0. The van der Waals surface area contributed by atoms with Gasteiger partial charge in [-0.05, 0) is 39.3 Å². The van der Waals surface area contributed by atoms with Crippen LogP contribution in [0.25, 0.3) is 11.0 Å². The average molecular weight is 246 g/mol. The Morgan fingerprint density at radius 2 is 2.11 bits per heavy atom. The predicted molar refractivity (Wildman–Crippen MR) is 71.0 cm³/mol. The number of aryl methyl sites for hydroxylation is 1. The van der Waals surface area contributed by atoms with E-state index in [1.807, 2.05) is 32.0 Å². The number of fused-ring (bicyclic) bond motifs is 1. The Kier molecular flexibility index (Phi) is 3.26. The average Bonchev–Trinajstić information content (AvgIpc) is 2.73. The van der Waals surface area contributed by atoms with E-state index in [2.05, 4.69) is 0 Å². The highest BCUT2D eigenvalue weighted by molar-refractivity contribution is 6.02. The number of furan rings is 1. The molecule has 1 aromatic heterocycles.